The van der Waals surface area contributed by atoms with Crippen LogP contribution in [-0.4, -0.2) is 32.0 Å². The zero-order valence-electron chi connectivity index (χ0n) is 15.8. The number of aryl methyl sites for hydroxylation is 2. The van der Waals surface area contributed by atoms with Crippen LogP contribution in [0, 0.1) is 13.8 Å². The monoisotopic (exact) mass is 389 g/mol. The molecule has 0 aliphatic carbocycles. The zero-order valence-corrected chi connectivity index (χ0v) is 16.6. The van der Waals surface area contributed by atoms with Crippen LogP contribution in [0.5, 0.6) is 5.75 Å². The number of methoxy groups -OCH3 is 1. The van der Waals surface area contributed by atoms with Gasteiger partial charge in [-0.25, -0.2) is 0 Å². The molecule has 0 bridgehead atoms. The Morgan fingerprint density at radius 2 is 1.81 bits per heavy atom. The Labute approximate surface area is 164 Å². The van der Waals surface area contributed by atoms with Gasteiger partial charge < -0.3 is 14.8 Å². The van der Waals surface area contributed by atoms with E-state index in [1.807, 2.05) is 26.0 Å². The van der Waals surface area contributed by atoms with E-state index in [0.29, 0.717) is 35.2 Å². The Kier molecular flexibility index (Phi) is 7.82. The van der Waals surface area contributed by atoms with Gasteiger partial charge in [-0.1, -0.05) is 29.8 Å². The number of para-hydroxylation sites is 1. The highest BCUT2D eigenvalue weighted by atomic mass is 35.5. The molecule has 1 amide bonds. The van der Waals surface area contributed by atoms with Crippen LogP contribution in [0.25, 0.3) is 0 Å². The molecule has 0 aliphatic heterocycles. The number of hydrogen-bond acceptors (Lipinski definition) is 4. The number of nitrogens with one attached hydrogen (secondary N) is 1. The Morgan fingerprint density at radius 3 is 2.52 bits per heavy atom. The Bertz CT molecular complexity index is 820. The summed E-state index contributed by atoms with van der Waals surface area (Å²) in [5, 5.41) is 3.16. The van der Waals surface area contributed by atoms with Gasteiger partial charge in [0, 0.05) is 25.5 Å². The summed E-state index contributed by atoms with van der Waals surface area (Å²) in [5.41, 5.74) is 3.29. The van der Waals surface area contributed by atoms with Crippen molar-refractivity contribution in [3.05, 3.63) is 58.1 Å². The minimum absolute atomic E-state index is 0.0593. The minimum Gasteiger partial charge on any atom is -0.487 e. The van der Waals surface area contributed by atoms with Crippen LogP contribution in [0.15, 0.2) is 36.4 Å². The van der Waals surface area contributed by atoms with Gasteiger partial charge in [0.25, 0.3) is 0 Å². The van der Waals surface area contributed by atoms with Crippen LogP contribution in [0.2, 0.25) is 5.02 Å². The first kappa shape index (κ1) is 20.9. The van der Waals surface area contributed by atoms with Crippen LogP contribution >= 0.6 is 11.6 Å². The van der Waals surface area contributed by atoms with Crippen LogP contribution in [0.3, 0.4) is 0 Å². The van der Waals surface area contributed by atoms with Gasteiger partial charge in [-0.05, 0) is 43.2 Å². The normalized spacial score (nSPS) is 10.5. The highest BCUT2D eigenvalue weighted by molar-refractivity contribution is 6.32. The van der Waals surface area contributed by atoms with Crippen molar-refractivity contribution in [3.63, 3.8) is 0 Å². The highest BCUT2D eigenvalue weighted by Crippen LogP contribution is 2.33. The molecule has 0 heterocycles. The summed E-state index contributed by atoms with van der Waals surface area (Å²) in [6, 6.07) is 10.7. The van der Waals surface area contributed by atoms with E-state index in [4.69, 9.17) is 21.1 Å². The zero-order chi connectivity index (χ0) is 19.8. The smallest absolute Gasteiger partial charge is 0.224 e. The third-order valence-corrected chi connectivity index (χ3v) is 4.48. The second kappa shape index (κ2) is 10.1. The van der Waals surface area contributed by atoms with E-state index >= 15 is 0 Å². The number of anilines is 1. The molecule has 2 aromatic carbocycles. The molecule has 0 saturated heterocycles. The molecule has 6 heteroatoms. The molecule has 0 aromatic heterocycles. The fourth-order valence-corrected chi connectivity index (χ4v) is 2.71. The fourth-order valence-electron chi connectivity index (χ4n) is 2.48. The van der Waals surface area contributed by atoms with Crippen molar-refractivity contribution in [1.29, 1.82) is 0 Å². The molecule has 27 heavy (non-hydrogen) atoms. The molecule has 0 saturated carbocycles. The topological polar surface area (TPSA) is 64.6 Å². The standard InChI is InChI=1S/C21H24ClNO4/c1-14-7-8-16(13-15(14)2)19(24)9-10-20(25)23-18-6-4-5-17(22)21(18)27-12-11-26-3/h4-8,13H,9-12H2,1-3H3,(H,23,25). The maximum atomic E-state index is 12.3. The summed E-state index contributed by atoms with van der Waals surface area (Å²) < 4.78 is 10.5. The molecule has 0 atom stereocenters. The lowest BCUT2D eigenvalue weighted by Crippen LogP contribution is -2.15. The van der Waals surface area contributed by atoms with Crippen LogP contribution in [0.1, 0.15) is 34.3 Å². The number of benzene rings is 2. The van der Waals surface area contributed by atoms with Crippen molar-refractivity contribution >= 4 is 29.0 Å². The maximum absolute atomic E-state index is 12.3. The van der Waals surface area contributed by atoms with E-state index < -0.39 is 0 Å². The minimum atomic E-state index is -0.272. The summed E-state index contributed by atoms with van der Waals surface area (Å²) in [6.07, 6.45) is 0.213. The van der Waals surface area contributed by atoms with E-state index in [9.17, 15) is 9.59 Å². The molecule has 2 aromatic rings. The summed E-state index contributed by atoms with van der Waals surface area (Å²) in [6.45, 7) is 4.68. The largest absolute Gasteiger partial charge is 0.487 e. The summed E-state index contributed by atoms with van der Waals surface area (Å²) >= 11 is 6.16. The maximum Gasteiger partial charge on any atom is 0.224 e. The number of carbonyl (C=O) groups is 2. The first-order valence-electron chi connectivity index (χ1n) is 8.73. The van der Waals surface area contributed by atoms with E-state index in [0.717, 1.165) is 11.1 Å². The lowest BCUT2D eigenvalue weighted by atomic mass is 10.0. The van der Waals surface area contributed by atoms with E-state index in [2.05, 4.69) is 5.32 Å². The molecule has 5 nitrogen and oxygen atoms in total. The predicted octanol–water partition coefficient (Wildman–Crippen LogP) is 4.58. The lowest BCUT2D eigenvalue weighted by Gasteiger charge is -2.13. The van der Waals surface area contributed by atoms with Crippen LogP contribution in [-0.2, 0) is 9.53 Å². The third kappa shape index (κ3) is 6.08. The van der Waals surface area contributed by atoms with E-state index in [1.54, 1.807) is 31.4 Å². The number of amides is 1. The molecule has 0 fully saturated rings. The van der Waals surface area contributed by atoms with Gasteiger partial charge in [0.1, 0.15) is 6.61 Å². The average Bonchev–Trinajstić information content (AvgIpc) is 2.64. The second-order valence-electron chi connectivity index (χ2n) is 6.23. The number of rotatable bonds is 9. The van der Waals surface area contributed by atoms with Gasteiger partial charge in [0.2, 0.25) is 5.91 Å². The van der Waals surface area contributed by atoms with E-state index in [1.165, 1.54) is 0 Å². The first-order valence-corrected chi connectivity index (χ1v) is 9.10. The SMILES string of the molecule is COCCOc1c(Cl)cccc1NC(=O)CCC(=O)c1ccc(C)c(C)c1. The molecule has 2 rings (SSSR count). The lowest BCUT2D eigenvalue weighted by molar-refractivity contribution is -0.116. The van der Waals surface area contributed by atoms with Gasteiger partial charge in [0.15, 0.2) is 11.5 Å². The Balaban J connectivity index is 1.96. The fraction of sp³-hybridized carbons (Fsp3) is 0.333. The van der Waals surface area contributed by atoms with Gasteiger partial charge in [-0.2, -0.15) is 0 Å². The molecule has 144 valence electrons. The molecular formula is C21H24ClNO4. The van der Waals surface area contributed by atoms with Gasteiger partial charge in [-0.15, -0.1) is 0 Å². The Hall–Kier alpha value is -2.37. The van der Waals surface area contributed by atoms with Crippen molar-refractivity contribution in [2.75, 3.05) is 25.6 Å². The number of ether oxygens (including phenoxy) is 2. The van der Waals surface area contributed by atoms with Crippen molar-refractivity contribution in [3.8, 4) is 5.75 Å². The number of ketones is 1. The number of carbonyl (C=O) groups excluding carboxylic acids is 2. The summed E-state index contributed by atoms with van der Waals surface area (Å²) in [5.74, 6) is 0.0620. The summed E-state index contributed by atoms with van der Waals surface area (Å²) in [7, 11) is 1.57. The predicted molar refractivity (Wildman–Crippen MR) is 107 cm³/mol. The molecule has 0 unspecified atom stereocenters. The van der Waals surface area contributed by atoms with Crippen LogP contribution < -0.4 is 10.1 Å². The first-order chi connectivity index (χ1) is 12.9. The molecular weight excluding hydrogens is 366 g/mol. The summed E-state index contributed by atoms with van der Waals surface area (Å²) in [4.78, 5) is 24.6. The number of hydrogen-bond donors (Lipinski definition) is 1. The van der Waals surface area contributed by atoms with Gasteiger partial charge in [-0.3, -0.25) is 9.59 Å². The van der Waals surface area contributed by atoms with Gasteiger partial charge in [0.05, 0.1) is 17.3 Å². The van der Waals surface area contributed by atoms with Crippen molar-refractivity contribution in [1.82, 2.24) is 0 Å². The quantitative estimate of drug-likeness (QED) is 0.503. The highest BCUT2D eigenvalue weighted by Gasteiger charge is 2.14. The third-order valence-electron chi connectivity index (χ3n) is 4.18. The van der Waals surface area contributed by atoms with Crippen molar-refractivity contribution in [2.24, 2.45) is 0 Å². The van der Waals surface area contributed by atoms with Gasteiger partial charge >= 0.3 is 0 Å². The molecule has 1 N–H and O–H groups in total. The van der Waals surface area contributed by atoms with E-state index in [-0.39, 0.29) is 24.5 Å². The molecule has 0 radical (unpaired) electrons. The van der Waals surface area contributed by atoms with Crippen LogP contribution in [0.4, 0.5) is 5.69 Å². The second-order valence-corrected chi connectivity index (χ2v) is 6.64. The molecule has 0 aliphatic rings. The Morgan fingerprint density at radius 1 is 1.04 bits per heavy atom. The molecule has 0 spiro atoms. The van der Waals surface area contributed by atoms with Crippen molar-refractivity contribution in [2.45, 2.75) is 26.7 Å². The number of Topliss-reactive ketones (excluding diaryl/α,β-unsaturated/α-hetero) is 1. The van der Waals surface area contributed by atoms with Crippen molar-refractivity contribution < 1.29 is 19.1 Å². The average molecular weight is 390 g/mol. The number of halogens is 1.